The number of thiazole rings is 1. The molecule has 1 atom stereocenters. The molecule has 1 amide bonds. The highest BCUT2D eigenvalue weighted by Gasteiger charge is 2.33. The van der Waals surface area contributed by atoms with Gasteiger partial charge in [0, 0.05) is 29.8 Å². The number of aromatic nitrogens is 1. The minimum Gasteiger partial charge on any atom is -0.493 e. The summed E-state index contributed by atoms with van der Waals surface area (Å²) in [5.41, 5.74) is 2.30. The van der Waals surface area contributed by atoms with Gasteiger partial charge in [-0.15, -0.1) is 0 Å². The minimum absolute atomic E-state index is 0.0573. The Morgan fingerprint density at radius 1 is 1.22 bits per heavy atom. The zero-order valence-corrected chi connectivity index (χ0v) is 20.2. The van der Waals surface area contributed by atoms with Gasteiger partial charge in [0.05, 0.1) is 24.4 Å². The molecule has 0 saturated carbocycles. The highest BCUT2D eigenvalue weighted by Crippen LogP contribution is 2.36. The number of ether oxygens (including phenoxy) is 2. The van der Waals surface area contributed by atoms with Gasteiger partial charge in [0.2, 0.25) is 0 Å². The van der Waals surface area contributed by atoms with Crippen molar-refractivity contribution in [3.8, 4) is 11.5 Å². The lowest BCUT2D eigenvalue weighted by molar-refractivity contribution is 0.0973. The van der Waals surface area contributed by atoms with Gasteiger partial charge in [-0.25, -0.2) is 4.98 Å². The molecule has 0 radical (unpaired) electrons. The van der Waals surface area contributed by atoms with E-state index in [0.717, 1.165) is 40.3 Å². The maximum absolute atomic E-state index is 14.0. The summed E-state index contributed by atoms with van der Waals surface area (Å²) < 4.78 is 12.1. The lowest BCUT2D eigenvalue weighted by atomic mass is 10.0. The third-order valence-corrected chi connectivity index (χ3v) is 7.32. The largest absolute Gasteiger partial charge is 0.493 e. The van der Waals surface area contributed by atoms with Crippen molar-refractivity contribution < 1.29 is 14.3 Å². The summed E-state index contributed by atoms with van der Waals surface area (Å²) in [4.78, 5) is 23.1. The van der Waals surface area contributed by atoms with Crippen LogP contribution in [-0.2, 0) is 0 Å². The molecule has 0 N–H and O–H groups in total. The van der Waals surface area contributed by atoms with Crippen LogP contribution >= 0.6 is 11.3 Å². The van der Waals surface area contributed by atoms with Crippen molar-refractivity contribution in [2.24, 2.45) is 0 Å². The molecule has 0 bridgehead atoms. The number of benzene rings is 2. The molecule has 6 nitrogen and oxygen atoms in total. The van der Waals surface area contributed by atoms with Crippen LogP contribution in [0.15, 0.2) is 36.4 Å². The summed E-state index contributed by atoms with van der Waals surface area (Å²) in [6.07, 6.45) is 2.23. The third kappa shape index (κ3) is 4.19. The van der Waals surface area contributed by atoms with Crippen LogP contribution in [0.25, 0.3) is 10.2 Å². The van der Waals surface area contributed by atoms with Crippen LogP contribution in [0.4, 0.5) is 5.13 Å². The lowest BCUT2D eigenvalue weighted by Gasteiger charge is -2.32. The van der Waals surface area contributed by atoms with Crippen molar-refractivity contribution in [1.82, 2.24) is 9.88 Å². The zero-order valence-electron chi connectivity index (χ0n) is 19.4. The average Bonchev–Trinajstić information content (AvgIpc) is 3.43. The number of likely N-dealkylation sites (tertiary alicyclic amines) is 1. The molecule has 0 unspecified atom stereocenters. The van der Waals surface area contributed by atoms with Crippen molar-refractivity contribution in [1.29, 1.82) is 0 Å². The van der Waals surface area contributed by atoms with Crippen molar-refractivity contribution in [2.45, 2.75) is 45.7 Å². The van der Waals surface area contributed by atoms with Crippen LogP contribution in [0.1, 0.15) is 42.6 Å². The fraction of sp³-hybridized carbons (Fsp3) is 0.440. The number of rotatable bonds is 7. The molecule has 2 heterocycles. The fourth-order valence-corrected chi connectivity index (χ4v) is 5.60. The molecule has 0 spiro atoms. The van der Waals surface area contributed by atoms with Crippen LogP contribution in [0.3, 0.4) is 0 Å². The maximum Gasteiger partial charge on any atom is 0.260 e. The highest BCUT2D eigenvalue weighted by atomic mass is 32.1. The maximum atomic E-state index is 14.0. The van der Waals surface area contributed by atoms with Crippen molar-refractivity contribution >= 4 is 32.6 Å². The topological polar surface area (TPSA) is 54.9 Å². The second kappa shape index (κ2) is 9.46. The van der Waals surface area contributed by atoms with Crippen molar-refractivity contribution in [3.05, 3.63) is 47.5 Å². The smallest absolute Gasteiger partial charge is 0.260 e. The van der Waals surface area contributed by atoms with Crippen molar-refractivity contribution in [2.75, 3.05) is 32.2 Å². The van der Waals surface area contributed by atoms with Gasteiger partial charge in [0.25, 0.3) is 5.91 Å². The molecule has 2 aromatic carbocycles. The predicted octanol–water partition coefficient (Wildman–Crippen LogP) is 5.14. The first-order chi connectivity index (χ1) is 15.4. The Bertz CT molecular complexity index is 1080. The molecular weight excluding hydrogens is 422 g/mol. The van der Waals surface area contributed by atoms with Gasteiger partial charge >= 0.3 is 0 Å². The Morgan fingerprint density at radius 2 is 2.00 bits per heavy atom. The summed E-state index contributed by atoms with van der Waals surface area (Å²) >= 11 is 1.56. The summed E-state index contributed by atoms with van der Waals surface area (Å²) in [5, 5.41) is 0.737. The molecule has 0 aliphatic carbocycles. The van der Waals surface area contributed by atoms with Crippen molar-refractivity contribution in [3.63, 3.8) is 0 Å². The van der Waals surface area contributed by atoms with E-state index in [9.17, 15) is 4.79 Å². The SMILES string of the molecule is COc1ccc(C(=O)N(C[C@@H]2CCCN2C(C)C)c2nc3ccccc3s2)c(C)c1OC. The Kier molecular flexibility index (Phi) is 6.67. The fourth-order valence-electron chi connectivity index (χ4n) is 4.63. The molecule has 1 aromatic heterocycles. The van der Waals surface area contributed by atoms with Gasteiger partial charge in [0.1, 0.15) is 0 Å². The first kappa shape index (κ1) is 22.6. The van der Waals surface area contributed by atoms with Crippen LogP contribution in [0.2, 0.25) is 0 Å². The van der Waals surface area contributed by atoms with Crippen LogP contribution in [0, 0.1) is 6.92 Å². The number of hydrogen-bond donors (Lipinski definition) is 0. The molecule has 3 aromatic rings. The quantitative estimate of drug-likeness (QED) is 0.496. The summed E-state index contributed by atoms with van der Waals surface area (Å²) in [6, 6.07) is 12.4. The molecule has 1 fully saturated rings. The number of methoxy groups -OCH3 is 2. The predicted molar refractivity (Wildman–Crippen MR) is 130 cm³/mol. The van der Waals surface area contributed by atoms with Gasteiger partial charge in [0.15, 0.2) is 16.6 Å². The number of carbonyl (C=O) groups excluding carboxylic acids is 1. The van der Waals surface area contributed by atoms with Gasteiger partial charge in [-0.2, -0.15) is 0 Å². The lowest BCUT2D eigenvalue weighted by Crippen LogP contribution is -2.45. The van der Waals surface area contributed by atoms with Gasteiger partial charge in [-0.3, -0.25) is 14.6 Å². The normalized spacial score (nSPS) is 16.6. The molecule has 1 saturated heterocycles. The zero-order chi connectivity index (χ0) is 22.8. The Hall–Kier alpha value is -2.64. The Labute approximate surface area is 193 Å². The highest BCUT2D eigenvalue weighted by molar-refractivity contribution is 7.22. The van der Waals surface area contributed by atoms with E-state index < -0.39 is 0 Å². The molecule has 32 heavy (non-hydrogen) atoms. The van der Waals surface area contributed by atoms with E-state index in [4.69, 9.17) is 14.5 Å². The van der Waals surface area contributed by atoms with E-state index in [-0.39, 0.29) is 5.91 Å². The molecule has 4 rings (SSSR count). The number of nitrogens with zero attached hydrogens (tertiary/aromatic N) is 3. The number of hydrogen-bond acceptors (Lipinski definition) is 6. The Morgan fingerprint density at radius 3 is 2.69 bits per heavy atom. The number of carbonyl (C=O) groups is 1. The summed E-state index contributed by atoms with van der Waals surface area (Å²) in [5.74, 6) is 1.15. The van der Waals surface area contributed by atoms with Gasteiger partial charge in [-0.1, -0.05) is 23.5 Å². The van der Waals surface area contributed by atoms with E-state index in [1.54, 1.807) is 31.6 Å². The molecule has 1 aliphatic rings. The second-order valence-electron chi connectivity index (χ2n) is 8.48. The first-order valence-electron chi connectivity index (χ1n) is 11.1. The Balaban J connectivity index is 1.76. The molecule has 170 valence electrons. The number of amides is 1. The van der Waals surface area contributed by atoms with E-state index in [1.807, 2.05) is 36.1 Å². The standard InChI is InChI=1S/C25H31N3O3S/c1-16(2)27-14-8-9-18(27)15-28(25-26-20-10-6-7-11-22(20)32-25)24(29)19-12-13-21(30-4)23(31-5)17(19)3/h6-7,10-13,16,18H,8-9,14-15H2,1-5H3/t18-/m0/s1. The number of para-hydroxylation sites is 1. The second-order valence-corrected chi connectivity index (χ2v) is 9.49. The van der Waals surface area contributed by atoms with E-state index in [2.05, 4.69) is 24.8 Å². The van der Waals surface area contributed by atoms with E-state index in [1.165, 1.54) is 0 Å². The average molecular weight is 454 g/mol. The van der Waals surface area contributed by atoms with Crippen LogP contribution in [0.5, 0.6) is 11.5 Å². The number of anilines is 1. The van der Waals surface area contributed by atoms with Gasteiger partial charge < -0.3 is 9.47 Å². The van der Waals surface area contributed by atoms with E-state index in [0.29, 0.717) is 35.7 Å². The minimum atomic E-state index is -0.0573. The van der Waals surface area contributed by atoms with Crippen LogP contribution in [-0.4, -0.2) is 55.2 Å². The summed E-state index contributed by atoms with van der Waals surface area (Å²) in [7, 11) is 3.20. The monoisotopic (exact) mass is 453 g/mol. The van der Waals surface area contributed by atoms with Gasteiger partial charge in [-0.05, 0) is 64.4 Å². The molecule has 1 aliphatic heterocycles. The third-order valence-electron chi connectivity index (χ3n) is 6.26. The first-order valence-corrected chi connectivity index (χ1v) is 11.9. The number of fused-ring (bicyclic) bond motifs is 1. The van der Waals surface area contributed by atoms with Crippen LogP contribution < -0.4 is 14.4 Å². The molecule has 7 heteroatoms. The summed E-state index contributed by atoms with van der Waals surface area (Å²) in [6.45, 7) is 8.03. The molecular formula is C25H31N3O3S. The van der Waals surface area contributed by atoms with E-state index >= 15 is 0 Å².